The summed E-state index contributed by atoms with van der Waals surface area (Å²) < 4.78 is 8.92. The largest absolute Gasteiger partial charge is 0.386 e. The van der Waals surface area contributed by atoms with Crippen molar-refractivity contribution in [1.82, 2.24) is 8.75 Å². The van der Waals surface area contributed by atoms with E-state index in [9.17, 15) is 5.11 Å². The van der Waals surface area contributed by atoms with Gasteiger partial charge in [-0.05, 0) is 32.9 Å². The highest BCUT2D eigenvalue weighted by atomic mass is 79.9. The standard InChI is InChI=1S/C8H7BrN2OS2/c9-8-5(1-2-13-8)3-7(12)6-4-10-14-11-6/h1-2,4,7,12H,3H2. The van der Waals surface area contributed by atoms with Gasteiger partial charge in [-0.3, -0.25) is 0 Å². The average Bonchev–Trinajstić information content (AvgIpc) is 2.77. The van der Waals surface area contributed by atoms with Crippen LogP contribution in [0.2, 0.25) is 0 Å². The van der Waals surface area contributed by atoms with Crippen molar-refractivity contribution in [1.29, 1.82) is 0 Å². The second kappa shape index (κ2) is 4.48. The fraction of sp³-hybridized carbons (Fsp3) is 0.250. The van der Waals surface area contributed by atoms with Crippen molar-refractivity contribution in [3.63, 3.8) is 0 Å². The predicted molar refractivity (Wildman–Crippen MR) is 60.6 cm³/mol. The zero-order valence-corrected chi connectivity index (χ0v) is 10.3. The van der Waals surface area contributed by atoms with E-state index in [4.69, 9.17) is 0 Å². The van der Waals surface area contributed by atoms with Gasteiger partial charge in [0.1, 0.15) is 11.8 Å². The van der Waals surface area contributed by atoms with Gasteiger partial charge in [-0.1, -0.05) is 0 Å². The Morgan fingerprint density at radius 3 is 3.00 bits per heavy atom. The van der Waals surface area contributed by atoms with Gasteiger partial charge in [0.2, 0.25) is 0 Å². The van der Waals surface area contributed by atoms with Gasteiger partial charge in [-0.25, -0.2) is 0 Å². The molecular weight excluding hydrogens is 284 g/mol. The molecule has 3 nitrogen and oxygen atoms in total. The lowest BCUT2D eigenvalue weighted by Crippen LogP contribution is -2.01. The van der Waals surface area contributed by atoms with Gasteiger partial charge in [0, 0.05) is 6.42 Å². The fourth-order valence-electron chi connectivity index (χ4n) is 1.10. The van der Waals surface area contributed by atoms with Crippen molar-refractivity contribution in [2.75, 3.05) is 0 Å². The van der Waals surface area contributed by atoms with Gasteiger partial charge in [0.05, 0.1) is 21.7 Å². The molecule has 2 aromatic heterocycles. The molecule has 0 aliphatic heterocycles. The van der Waals surface area contributed by atoms with Crippen LogP contribution in [0.4, 0.5) is 0 Å². The summed E-state index contributed by atoms with van der Waals surface area (Å²) in [6.07, 6.45) is 1.63. The van der Waals surface area contributed by atoms with Gasteiger partial charge < -0.3 is 5.11 Å². The third-order valence-corrected chi connectivity index (χ3v) is 4.13. The van der Waals surface area contributed by atoms with Crippen molar-refractivity contribution in [2.45, 2.75) is 12.5 Å². The third kappa shape index (κ3) is 2.20. The number of aliphatic hydroxyl groups is 1. The topological polar surface area (TPSA) is 46.0 Å². The van der Waals surface area contributed by atoms with Crippen molar-refractivity contribution < 1.29 is 5.11 Å². The molecule has 0 saturated carbocycles. The van der Waals surface area contributed by atoms with Gasteiger partial charge in [0.15, 0.2) is 0 Å². The molecule has 0 radical (unpaired) electrons. The molecule has 6 heteroatoms. The third-order valence-electron chi connectivity index (χ3n) is 1.83. The molecular formula is C8H7BrN2OS2. The summed E-state index contributed by atoms with van der Waals surface area (Å²) in [4.78, 5) is 0. The lowest BCUT2D eigenvalue weighted by Gasteiger charge is -2.05. The normalized spacial score (nSPS) is 13.0. The first-order valence-corrected chi connectivity index (χ1v) is 6.35. The summed E-state index contributed by atoms with van der Waals surface area (Å²) in [5.41, 5.74) is 1.75. The van der Waals surface area contributed by atoms with Gasteiger partial charge in [-0.2, -0.15) is 8.75 Å². The van der Waals surface area contributed by atoms with Crippen LogP contribution in [0, 0.1) is 0 Å². The molecule has 2 rings (SSSR count). The summed E-state index contributed by atoms with van der Waals surface area (Å²) in [5.74, 6) is 0. The van der Waals surface area contributed by atoms with Crippen LogP contribution in [0.5, 0.6) is 0 Å². The van der Waals surface area contributed by atoms with Crippen LogP contribution in [-0.2, 0) is 6.42 Å². The number of thiophene rings is 1. The highest BCUT2D eigenvalue weighted by Gasteiger charge is 2.13. The molecule has 74 valence electrons. The molecule has 1 N–H and O–H groups in total. The maximum absolute atomic E-state index is 9.79. The maximum Gasteiger partial charge on any atom is 0.103 e. The van der Waals surface area contributed by atoms with E-state index in [0.717, 1.165) is 21.1 Å². The first-order chi connectivity index (χ1) is 6.77. The summed E-state index contributed by atoms with van der Waals surface area (Å²) >= 11 is 6.16. The van der Waals surface area contributed by atoms with Gasteiger partial charge in [-0.15, -0.1) is 11.3 Å². The van der Waals surface area contributed by atoms with E-state index in [1.807, 2.05) is 11.4 Å². The molecule has 1 atom stereocenters. The van der Waals surface area contributed by atoms with E-state index >= 15 is 0 Å². The lowest BCUT2D eigenvalue weighted by molar-refractivity contribution is 0.174. The Hall–Kier alpha value is -0.300. The number of rotatable bonds is 3. The quantitative estimate of drug-likeness (QED) is 0.945. The molecule has 0 saturated heterocycles. The van der Waals surface area contributed by atoms with Crippen molar-refractivity contribution in [3.05, 3.63) is 32.7 Å². The fourth-order valence-corrected chi connectivity index (χ4v) is 2.83. The average molecular weight is 291 g/mol. The summed E-state index contributed by atoms with van der Waals surface area (Å²) in [7, 11) is 0. The van der Waals surface area contributed by atoms with Crippen molar-refractivity contribution in [2.24, 2.45) is 0 Å². The Morgan fingerprint density at radius 2 is 2.43 bits per heavy atom. The highest BCUT2D eigenvalue weighted by molar-refractivity contribution is 9.11. The van der Waals surface area contributed by atoms with Crippen LogP contribution in [0.15, 0.2) is 21.4 Å². The Bertz CT molecular complexity index is 401. The Labute approximate surface area is 97.9 Å². The number of halogens is 1. The molecule has 0 bridgehead atoms. The summed E-state index contributed by atoms with van der Waals surface area (Å²) in [5, 5.41) is 11.8. The van der Waals surface area contributed by atoms with Crippen LogP contribution in [-0.4, -0.2) is 13.9 Å². The molecule has 0 aliphatic rings. The zero-order chi connectivity index (χ0) is 9.97. The first-order valence-electron chi connectivity index (χ1n) is 3.95. The highest BCUT2D eigenvalue weighted by Crippen LogP contribution is 2.27. The summed E-state index contributed by atoms with van der Waals surface area (Å²) in [6.45, 7) is 0. The van der Waals surface area contributed by atoms with E-state index in [1.165, 1.54) is 0 Å². The van der Waals surface area contributed by atoms with Crippen LogP contribution in [0.1, 0.15) is 17.4 Å². The molecule has 0 aromatic carbocycles. The molecule has 0 fully saturated rings. The lowest BCUT2D eigenvalue weighted by atomic mass is 10.1. The number of hydrogen-bond donors (Lipinski definition) is 1. The Balaban J connectivity index is 2.09. The molecule has 0 aliphatic carbocycles. The molecule has 1 unspecified atom stereocenters. The maximum atomic E-state index is 9.79. The van der Waals surface area contributed by atoms with Gasteiger partial charge in [0.25, 0.3) is 0 Å². The van der Waals surface area contributed by atoms with E-state index in [-0.39, 0.29) is 0 Å². The minimum atomic E-state index is -0.556. The Morgan fingerprint density at radius 1 is 1.57 bits per heavy atom. The zero-order valence-electron chi connectivity index (χ0n) is 7.05. The van der Waals surface area contributed by atoms with E-state index < -0.39 is 6.10 Å². The van der Waals surface area contributed by atoms with Crippen LogP contribution in [0.3, 0.4) is 0 Å². The number of hydrogen-bond acceptors (Lipinski definition) is 5. The first kappa shape index (κ1) is 10.2. The Kier molecular flexibility index (Phi) is 3.27. The summed E-state index contributed by atoms with van der Waals surface area (Å²) in [6, 6.07) is 2.00. The molecule has 2 aromatic rings. The molecule has 0 spiro atoms. The van der Waals surface area contributed by atoms with Crippen LogP contribution in [0.25, 0.3) is 0 Å². The second-order valence-corrected chi connectivity index (χ2v) is 5.56. The van der Waals surface area contributed by atoms with E-state index in [0.29, 0.717) is 12.1 Å². The van der Waals surface area contributed by atoms with Crippen LogP contribution < -0.4 is 0 Å². The van der Waals surface area contributed by atoms with E-state index in [1.54, 1.807) is 17.5 Å². The predicted octanol–water partition coefficient (Wildman–Crippen LogP) is 2.64. The SMILES string of the molecule is OC(Cc1ccsc1Br)c1cnsn1. The van der Waals surface area contributed by atoms with Crippen molar-refractivity contribution >= 4 is 39.0 Å². The number of aliphatic hydroxyl groups excluding tert-OH is 1. The molecule has 0 amide bonds. The number of aromatic nitrogens is 2. The minimum absolute atomic E-state index is 0.556. The van der Waals surface area contributed by atoms with Gasteiger partial charge >= 0.3 is 0 Å². The van der Waals surface area contributed by atoms with Crippen molar-refractivity contribution in [3.8, 4) is 0 Å². The monoisotopic (exact) mass is 290 g/mol. The van der Waals surface area contributed by atoms with Crippen LogP contribution >= 0.6 is 39.0 Å². The number of nitrogens with zero attached hydrogens (tertiary/aromatic N) is 2. The smallest absolute Gasteiger partial charge is 0.103 e. The second-order valence-electron chi connectivity index (χ2n) is 2.77. The molecule has 2 heterocycles. The van der Waals surface area contributed by atoms with E-state index in [2.05, 4.69) is 24.7 Å². The minimum Gasteiger partial charge on any atom is -0.386 e. The molecule has 14 heavy (non-hydrogen) atoms.